The van der Waals surface area contributed by atoms with Gasteiger partial charge in [0.15, 0.2) is 0 Å². The SMILES string of the molecule is C[N+](C)(C)CCCCC(=O)OCc1ccccc1. The summed E-state index contributed by atoms with van der Waals surface area (Å²) in [6.45, 7) is 1.47. The van der Waals surface area contributed by atoms with Crippen molar-refractivity contribution in [3.8, 4) is 0 Å². The summed E-state index contributed by atoms with van der Waals surface area (Å²) < 4.78 is 6.16. The number of esters is 1. The highest BCUT2D eigenvalue weighted by Crippen LogP contribution is 2.05. The van der Waals surface area contributed by atoms with Gasteiger partial charge in [-0.1, -0.05) is 30.3 Å². The van der Waals surface area contributed by atoms with Crippen LogP contribution in [0.5, 0.6) is 0 Å². The van der Waals surface area contributed by atoms with E-state index in [9.17, 15) is 4.79 Å². The number of quaternary nitrogens is 1. The number of ether oxygens (including phenoxy) is 1. The minimum absolute atomic E-state index is 0.0970. The average molecular weight is 250 g/mol. The first-order valence-corrected chi connectivity index (χ1v) is 6.47. The molecule has 3 nitrogen and oxygen atoms in total. The zero-order valence-corrected chi connectivity index (χ0v) is 11.7. The molecule has 0 saturated heterocycles. The quantitative estimate of drug-likeness (QED) is 0.422. The first kappa shape index (κ1) is 14.7. The third kappa shape index (κ3) is 7.07. The fraction of sp³-hybridized carbons (Fsp3) is 0.533. The number of rotatable bonds is 7. The van der Waals surface area contributed by atoms with E-state index in [1.807, 2.05) is 30.3 Å². The van der Waals surface area contributed by atoms with Crippen molar-refractivity contribution >= 4 is 5.97 Å². The Morgan fingerprint density at radius 3 is 2.39 bits per heavy atom. The predicted octanol–water partition coefficient (Wildman–Crippen LogP) is 2.61. The fourth-order valence-electron chi connectivity index (χ4n) is 1.67. The van der Waals surface area contributed by atoms with Gasteiger partial charge in [0.25, 0.3) is 0 Å². The summed E-state index contributed by atoms with van der Waals surface area (Å²) in [7, 11) is 6.48. The lowest BCUT2D eigenvalue weighted by atomic mass is 10.2. The molecule has 0 fully saturated rings. The number of benzene rings is 1. The standard InChI is InChI=1S/C15H24NO2/c1-16(2,3)12-8-7-11-15(17)18-13-14-9-5-4-6-10-14/h4-6,9-10H,7-8,11-13H2,1-3H3/q+1. The minimum Gasteiger partial charge on any atom is -0.461 e. The molecule has 0 saturated carbocycles. The maximum atomic E-state index is 11.5. The van der Waals surface area contributed by atoms with Crippen LogP contribution in [0.4, 0.5) is 0 Å². The molecular weight excluding hydrogens is 226 g/mol. The van der Waals surface area contributed by atoms with E-state index in [-0.39, 0.29) is 5.97 Å². The van der Waals surface area contributed by atoms with Crippen LogP contribution in [0, 0.1) is 0 Å². The molecule has 0 N–H and O–H groups in total. The van der Waals surface area contributed by atoms with Crippen molar-refractivity contribution in [2.45, 2.75) is 25.9 Å². The number of hydrogen-bond acceptors (Lipinski definition) is 2. The molecule has 0 radical (unpaired) electrons. The Kier molecular flexibility index (Phi) is 5.86. The van der Waals surface area contributed by atoms with Crippen LogP contribution in [0.1, 0.15) is 24.8 Å². The van der Waals surface area contributed by atoms with Crippen molar-refractivity contribution in [1.29, 1.82) is 0 Å². The lowest BCUT2D eigenvalue weighted by molar-refractivity contribution is -0.870. The normalized spacial score (nSPS) is 11.3. The minimum atomic E-state index is -0.0970. The van der Waals surface area contributed by atoms with Crippen LogP contribution in [-0.4, -0.2) is 38.1 Å². The zero-order chi connectivity index (χ0) is 13.4. The van der Waals surface area contributed by atoms with E-state index in [1.54, 1.807) is 0 Å². The summed E-state index contributed by atoms with van der Waals surface area (Å²) in [6.07, 6.45) is 2.49. The van der Waals surface area contributed by atoms with E-state index in [1.165, 1.54) is 0 Å². The highest BCUT2D eigenvalue weighted by atomic mass is 16.5. The molecular formula is C15H24NO2+. The molecule has 1 aromatic rings. The second kappa shape index (κ2) is 7.17. The molecule has 0 unspecified atom stereocenters. The van der Waals surface area contributed by atoms with Crippen molar-refractivity contribution in [3.63, 3.8) is 0 Å². The second-order valence-corrected chi connectivity index (χ2v) is 5.62. The molecule has 0 bridgehead atoms. The lowest BCUT2D eigenvalue weighted by Crippen LogP contribution is -2.35. The molecule has 0 atom stereocenters. The van der Waals surface area contributed by atoms with Gasteiger partial charge in [0.1, 0.15) is 6.61 Å². The highest BCUT2D eigenvalue weighted by molar-refractivity contribution is 5.69. The third-order valence-corrected chi connectivity index (χ3v) is 2.70. The monoisotopic (exact) mass is 250 g/mol. The van der Waals surface area contributed by atoms with Gasteiger partial charge in [-0.3, -0.25) is 4.79 Å². The Labute approximate surface area is 110 Å². The topological polar surface area (TPSA) is 26.3 Å². The van der Waals surface area contributed by atoms with Crippen LogP contribution in [0.15, 0.2) is 30.3 Å². The van der Waals surface area contributed by atoms with Crippen molar-refractivity contribution in [3.05, 3.63) is 35.9 Å². The summed E-state index contributed by atoms with van der Waals surface area (Å²) in [5, 5.41) is 0. The summed E-state index contributed by atoms with van der Waals surface area (Å²) in [5.74, 6) is -0.0970. The number of carbonyl (C=O) groups is 1. The van der Waals surface area contributed by atoms with Gasteiger partial charge in [0, 0.05) is 6.42 Å². The summed E-state index contributed by atoms with van der Waals surface area (Å²) >= 11 is 0. The van der Waals surface area contributed by atoms with Gasteiger partial charge in [0.2, 0.25) is 0 Å². The van der Waals surface area contributed by atoms with Gasteiger partial charge in [-0.15, -0.1) is 0 Å². The van der Waals surface area contributed by atoms with Crippen molar-refractivity contribution < 1.29 is 14.0 Å². The average Bonchev–Trinajstić information content (AvgIpc) is 2.32. The van der Waals surface area contributed by atoms with Crippen LogP contribution in [-0.2, 0) is 16.1 Å². The Bertz CT molecular complexity index is 355. The Balaban J connectivity index is 2.11. The molecule has 18 heavy (non-hydrogen) atoms. The number of unbranched alkanes of at least 4 members (excludes halogenated alkanes) is 1. The van der Waals surface area contributed by atoms with E-state index in [4.69, 9.17) is 4.74 Å². The third-order valence-electron chi connectivity index (χ3n) is 2.70. The molecule has 0 amide bonds. The van der Waals surface area contributed by atoms with E-state index < -0.39 is 0 Å². The molecule has 1 rings (SSSR count). The Morgan fingerprint density at radius 2 is 1.78 bits per heavy atom. The first-order chi connectivity index (χ1) is 8.47. The van der Waals surface area contributed by atoms with Crippen LogP contribution in [0.25, 0.3) is 0 Å². The molecule has 0 spiro atoms. The molecule has 0 aliphatic rings. The Morgan fingerprint density at radius 1 is 1.11 bits per heavy atom. The van der Waals surface area contributed by atoms with E-state index in [2.05, 4.69) is 21.1 Å². The molecule has 0 aliphatic heterocycles. The van der Waals surface area contributed by atoms with Crippen molar-refractivity contribution in [2.75, 3.05) is 27.7 Å². The number of carbonyl (C=O) groups excluding carboxylic acids is 1. The number of nitrogens with zero attached hydrogens (tertiary/aromatic N) is 1. The molecule has 0 aliphatic carbocycles. The van der Waals surface area contributed by atoms with Gasteiger partial charge in [-0.2, -0.15) is 0 Å². The molecule has 0 aromatic heterocycles. The zero-order valence-electron chi connectivity index (χ0n) is 11.7. The molecule has 100 valence electrons. The van der Waals surface area contributed by atoms with Gasteiger partial charge in [-0.25, -0.2) is 0 Å². The van der Waals surface area contributed by atoms with Crippen LogP contribution in [0.2, 0.25) is 0 Å². The fourth-order valence-corrected chi connectivity index (χ4v) is 1.67. The highest BCUT2D eigenvalue weighted by Gasteiger charge is 2.08. The van der Waals surface area contributed by atoms with E-state index in [0.29, 0.717) is 13.0 Å². The van der Waals surface area contributed by atoms with E-state index in [0.717, 1.165) is 29.4 Å². The van der Waals surface area contributed by atoms with Gasteiger partial charge < -0.3 is 9.22 Å². The van der Waals surface area contributed by atoms with Crippen molar-refractivity contribution in [2.24, 2.45) is 0 Å². The second-order valence-electron chi connectivity index (χ2n) is 5.62. The van der Waals surface area contributed by atoms with Crippen molar-refractivity contribution in [1.82, 2.24) is 0 Å². The summed E-state index contributed by atoms with van der Waals surface area (Å²) in [5.41, 5.74) is 1.04. The van der Waals surface area contributed by atoms with Gasteiger partial charge in [0.05, 0.1) is 27.7 Å². The first-order valence-electron chi connectivity index (χ1n) is 6.47. The molecule has 0 heterocycles. The van der Waals surface area contributed by atoms with Gasteiger partial charge >= 0.3 is 5.97 Å². The largest absolute Gasteiger partial charge is 0.461 e. The summed E-state index contributed by atoms with van der Waals surface area (Å²) in [4.78, 5) is 11.5. The summed E-state index contributed by atoms with van der Waals surface area (Å²) in [6, 6.07) is 9.78. The predicted molar refractivity (Wildman–Crippen MR) is 73.0 cm³/mol. The maximum absolute atomic E-state index is 11.5. The molecule has 1 aromatic carbocycles. The Hall–Kier alpha value is -1.35. The molecule has 3 heteroatoms. The maximum Gasteiger partial charge on any atom is 0.306 e. The van der Waals surface area contributed by atoms with Crippen LogP contribution in [0.3, 0.4) is 0 Å². The van der Waals surface area contributed by atoms with Crippen LogP contribution < -0.4 is 0 Å². The van der Waals surface area contributed by atoms with Crippen LogP contribution >= 0.6 is 0 Å². The lowest BCUT2D eigenvalue weighted by Gasteiger charge is -2.23. The van der Waals surface area contributed by atoms with E-state index >= 15 is 0 Å². The smallest absolute Gasteiger partial charge is 0.306 e. The number of hydrogen-bond donors (Lipinski definition) is 0. The van der Waals surface area contributed by atoms with Gasteiger partial charge in [-0.05, 0) is 18.4 Å².